The van der Waals surface area contributed by atoms with E-state index in [1.807, 2.05) is 17.5 Å². The summed E-state index contributed by atoms with van der Waals surface area (Å²) in [6, 6.07) is 13.9. The van der Waals surface area contributed by atoms with Crippen molar-refractivity contribution in [3.63, 3.8) is 0 Å². The van der Waals surface area contributed by atoms with Gasteiger partial charge in [-0.3, -0.25) is 4.90 Å². The van der Waals surface area contributed by atoms with Crippen molar-refractivity contribution in [2.24, 2.45) is 0 Å². The van der Waals surface area contributed by atoms with Gasteiger partial charge in [-0.15, -0.1) is 11.3 Å². The maximum Gasteiger partial charge on any atom is 0.327 e. The Bertz CT molecular complexity index is 1420. The molecule has 1 atom stereocenters. The molecule has 35 heavy (non-hydrogen) atoms. The predicted molar refractivity (Wildman–Crippen MR) is 130 cm³/mol. The van der Waals surface area contributed by atoms with Crippen LogP contribution >= 0.6 is 11.3 Å². The average Bonchev–Trinajstić information content (AvgIpc) is 3.56. The van der Waals surface area contributed by atoms with Gasteiger partial charge in [-0.1, -0.05) is 23.4 Å². The van der Waals surface area contributed by atoms with Crippen LogP contribution < -0.4 is 19.7 Å². The fourth-order valence-corrected chi connectivity index (χ4v) is 4.72. The number of rotatable bonds is 6. The second-order valence-electron chi connectivity index (χ2n) is 7.71. The highest BCUT2D eigenvalue weighted by Gasteiger charge is 2.37. The number of hydrogen-bond acceptors (Lipinski definition) is 7. The summed E-state index contributed by atoms with van der Waals surface area (Å²) in [4.78, 5) is 20.3. The Morgan fingerprint density at radius 1 is 1.09 bits per heavy atom. The molecule has 5 rings (SSSR count). The Hall–Kier alpha value is -4.18. The highest BCUT2D eigenvalue weighted by Crippen LogP contribution is 2.41. The van der Waals surface area contributed by atoms with Gasteiger partial charge in [0.05, 0.1) is 36.4 Å². The van der Waals surface area contributed by atoms with Crippen LogP contribution in [0.2, 0.25) is 0 Å². The highest BCUT2D eigenvalue weighted by molar-refractivity contribution is 7.13. The molecule has 1 N–H and O–H groups in total. The lowest BCUT2D eigenvalue weighted by Crippen LogP contribution is -2.46. The number of thiophene rings is 1. The molecule has 3 heterocycles. The minimum Gasteiger partial charge on any atom is -0.493 e. The molecular formula is C25H21FN4O4S. The number of carbonyl (C=O) groups is 1. The van der Waals surface area contributed by atoms with Crippen LogP contribution in [0.5, 0.6) is 11.5 Å². The molecular weight excluding hydrogens is 471 g/mol. The number of aromatic nitrogens is 2. The third-order valence-electron chi connectivity index (χ3n) is 5.69. The predicted octanol–water partition coefficient (Wildman–Crippen LogP) is 5.66. The standard InChI is InChI=1S/C25H21FN4O4S/c1-14-21(24-28-23(29-34-24)20-8-5-11-35-20)22(15-6-4-7-16(26)12-15)27-25(31)30(14)17-9-10-18(32-2)19(13-17)33-3/h4-13,22H,1-3H3,(H,27,31). The molecule has 8 nitrogen and oxygen atoms in total. The van der Waals surface area contributed by atoms with Crippen LogP contribution in [0.1, 0.15) is 24.4 Å². The van der Waals surface area contributed by atoms with Crippen LogP contribution in [0.15, 0.2) is 70.2 Å². The molecule has 0 fully saturated rings. The number of methoxy groups -OCH3 is 2. The number of nitrogens with zero attached hydrogens (tertiary/aromatic N) is 3. The number of anilines is 1. The van der Waals surface area contributed by atoms with Crippen LogP contribution in [0, 0.1) is 5.82 Å². The average molecular weight is 493 g/mol. The third kappa shape index (κ3) is 4.12. The van der Waals surface area contributed by atoms with Crippen LogP contribution in [0.3, 0.4) is 0 Å². The van der Waals surface area contributed by atoms with Gasteiger partial charge in [-0.25, -0.2) is 9.18 Å². The molecule has 0 radical (unpaired) electrons. The summed E-state index contributed by atoms with van der Waals surface area (Å²) in [6.07, 6.45) is 0. The van der Waals surface area contributed by atoms with E-state index in [9.17, 15) is 9.18 Å². The van der Waals surface area contributed by atoms with Gasteiger partial charge in [0.2, 0.25) is 5.82 Å². The maximum atomic E-state index is 14.1. The molecule has 1 unspecified atom stereocenters. The Morgan fingerprint density at radius 3 is 2.63 bits per heavy atom. The van der Waals surface area contributed by atoms with E-state index < -0.39 is 17.9 Å². The van der Waals surface area contributed by atoms with Crippen molar-refractivity contribution in [3.8, 4) is 22.2 Å². The second-order valence-corrected chi connectivity index (χ2v) is 8.66. The van der Waals surface area contributed by atoms with Crippen molar-refractivity contribution in [3.05, 3.63) is 82.9 Å². The maximum absolute atomic E-state index is 14.1. The molecule has 0 bridgehead atoms. The van der Waals surface area contributed by atoms with Crippen molar-refractivity contribution >= 4 is 28.6 Å². The van der Waals surface area contributed by atoms with Gasteiger partial charge in [0.1, 0.15) is 5.82 Å². The lowest BCUT2D eigenvalue weighted by Gasteiger charge is -2.35. The molecule has 2 aromatic carbocycles. The number of urea groups is 1. The molecule has 1 aliphatic heterocycles. The lowest BCUT2D eigenvalue weighted by atomic mass is 9.94. The van der Waals surface area contributed by atoms with Gasteiger partial charge in [0.25, 0.3) is 5.89 Å². The number of ether oxygens (including phenoxy) is 2. The fourth-order valence-electron chi connectivity index (χ4n) is 4.07. The molecule has 2 amide bonds. The van der Waals surface area contributed by atoms with E-state index in [0.29, 0.717) is 39.8 Å². The van der Waals surface area contributed by atoms with Crippen molar-refractivity contribution in [2.75, 3.05) is 19.1 Å². The lowest BCUT2D eigenvalue weighted by molar-refractivity contribution is 0.244. The number of hydrogen-bond donors (Lipinski definition) is 1. The van der Waals surface area contributed by atoms with Gasteiger partial charge in [0, 0.05) is 11.8 Å². The molecule has 2 aromatic heterocycles. The molecule has 178 valence electrons. The molecule has 4 aromatic rings. The number of allylic oxidation sites excluding steroid dienone is 1. The molecule has 0 spiro atoms. The minimum absolute atomic E-state index is 0.227. The monoisotopic (exact) mass is 492 g/mol. The smallest absolute Gasteiger partial charge is 0.327 e. The van der Waals surface area contributed by atoms with E-state index in [-0.39, 0.29) is 5.89 Å². The number of amides is 2. The van der Waals surface area contributed by atoms with Gasteiger partial charge < -0.3 is 19.3 Å². The van der Waals surface area contributed by atoms with Crippen molar-refractivity contribution in [2.45, 2.75) is 13.0 Å². The first-order valence-corrected chi connectivity index (χ1v) is 11.5. The van der Waals surface area contributed by atoms with Crippen LogP contribution in [0.25, 0.3) is 16.3 Å². The van der Waals surface area contributed by atoms with Crippen molar-refractivity contribution < 1.29 is 23.2 Å². The Morgan fingerprint density at radius 2 is 1.91 bits per heavy atom. The topological polar surface area (TPSA) is 89.7 Å². The first kappa shape index (κ1) is 22.6. The van der Waals surface area contributed by atoms with E-state index in [4.69, 9.17) is 14.0 Å². The summed E-state index contributed by atoms with van der Waals surface area (Å²) in [7, 11) is 3.06. The minimum atomic E-state index is -0.703. The second kappa shape index (κ2) is 9.22. The zero-order valence-corrected chi connectivity index (χ0v) is 19.9. The van der Waals surface area contributed by atoms with E-state index in [2.05, 4.69) is 15.5 Å². The number of nitrogens with one attached hydrogen (secondary N) is 1. The molecule has 0 aliphatic carbocycles. The van der Waals surface area contributed by atoms with Crippen LogP contribution in [-0.4, -0.2) is 30.4 Å². The van der Waals surface area contributed by atoms with Crippen molar-refractivity contribution in [1.82, 2.24) is 15.5 Å². The number of halogens is 1. The van der Waals surface area contributed by atoms with Crippen LogP contribution in [-0.2, 0) is 0 Å². The van der Waals surface area contributed by atoms with E-state index in [1.165, 1.54) is 35.5 Å². The first-order valence-electron chi connectivity index (χ1n) is 10.7. The Labute approximate surface area is 204 Å². The van der Waals surface area contributed by atoms with Gasteiger partial charge in [-0.05, 0) is 48.2 Å². The van der Waals surface area contributed by atoms with Gasteiger partial charge in [0.15, 0.2) is 11.5 Å². The summed E-state index contributed by atoms with van der Waals surface area (Å²) >= 11 is 1.48. The summed E-state index contributed by atoms with van der Waals surface area (Å²) < 4.78 is 30.5. The molecule has 0 saturated carbocycles. The molecule has 10 heteroatoms. The summed E-state index contributed by atoms with van der Waals surface area (Å²) in [6.45, 7) is 1.78. The van der Waals surface area contributed by atoms with Crippen LogP contribution in [0.4, 0.5) is 14.9 Å². The summed E-state index contributed by atoms with van der Waals surface area (Å²) in [5, 5.41) is 9.01. The summed E-state index contributed by atoms with van der Waals surface area (Å²) in [5.74, 6) is 1.25. The first-order chi connectivity index (χ1) is 17.0. The summed E-state index contributed by atoms with van der Waals surface area (Å²) in [5.41, 5.74) is 2.21. The van der Waals surface area contributed by atoms with E-state index in [1.54, 1.807) is 44.4 Å². The number of benzene rings is 2. The zero-order chi connectivity index (χ0) is 24.5. The van der Waals surface area contributed by atoms with Gasteiger partial charge >= 0.3 is 6.03 Å². The largest absolute Gasteiger partial charge is 0.493 e. The molecule has 1 aliphatic rings. The normalized spacial score (nSPS) is 15.8. The van der Waals surface area contributed by atoms with E-state index in [0.717, 1.165) is 4.88 Å². The highest BCUT2D eigenvalue weighted by atomic mass is 32.1. The SMILES string of the molecule is COc1ccc(N2C(=O)NC(c3cccc(F)c3)C(c3nc(-c4cccs4)no3)=C2C)cc1OC. The number of carbonyl (C=O) groups excluding carboxylic acids is 1. The van der Waals surface area contributed by atoms with Crippen molar-refractivity contribution in [1.29, 1.82) is 0 Å². The Kier molecular flexibility index (Phi) is 5.96. The quantitative estimate of drug-likeness (QED) is 0.374. The molecule has 0 saturated heterocycles. The Balaban J connectivity index is 1.67. The zero-order valence-electron chi connectivity index (χ0n) is 19.1. The van der Waals surface area contributed by atoms with Gasteiger partial charge in [-0.2, -0.15) is 4.98 Å². The fraction of sp³-hybridized carbons (Fsp3) is 0.160. The third-order valence-corrected chi connectivity index (χ3v) is 6.56. The van der Waals surface area contributed by atoms with E-state index >= 15 is 0 Å².